The van der Waals surface area contributed by atoms with Crippen LogP contribution >= 0.6 is 0 Å². The SMILES string of the molecule is C=COC(=O)c1cccc(-c2ccccc2)c1C(=O)OC=C. The van der Waals surface area contributed by atoms with Crippen molar-refractivity contribution in [1.82, 2.24) is 0 Å². The Morgan fingerprint density at radius 1 is 0.818 bits per heavy atom. The highest BCUT2D eigenvalue weighted by Gasteiger charge is 2.23. The second kappa shape index (κ2) is 7.04. The van der Waals surface area contributed by atoms with Crippen molar-refractivity contribution in [3.05, 3.63) is 85.3 Å². The highest BCUT2D eigenvalue weighted by molar-refractivity contribution is 6.08. The molecular formula is C18H14O4. The average Bonchev–Trinajstić information content (AvgIpc) is 2.55. The van der Waals surface area contributed by atoms with Gasteiger partial charge in [0.15, 0.2) is 0 Å². The van der Waals surface area contributed by atoms with E-state index in [1.807, 2.05) is 30.3 Å². The minimum atomic E-state index is -0.677. The molecule has 0 aliphatic heterocycles. The van der Waals surface area contributed by atoms with Gasteiger partial charge >= 0.3 is 11.9 Å². The summed E-state index contributed by atoms with van der Waals surface area (Å²) in [6.07, 6.45) is 2.03. The van der Waals surface area contributed by atoms with E-state index in [0.29, 0.717) is 5.56 Å². The van der Waals surface area contributed by atoms with Gasteiger partial charge in [0.2, 0.25) is 0 Å². The van der Waals surface area contributed by atoms with Crippen LogP contribution in [0.4, 0.5) is 0 Å². The lowest BCUT2D eigenvalue weighted by Crippen LogP contribution is -2.12. The van der Waals surface area contributed by atoms with Gasteiger partial charge in [-0.05, 0) is 17.2 Å². The number of hydrogen-bond acceptors (Lipinski definition) is 4. The van der Waals surface area contributed by atoms with Crippen LogP contribution in [-0.2, 0) is 9.47 Å². The van der Waals surface area contributed by atoms with Crippen molar-refractivity contribution in [3.63, 3.8) is 0 Å². The van der Waals surface area contributed by atoms with Crippen LogP contribution in [0.3, 0.4) is 0 Å². The Bertz CT molecular complexity index is 717. The summed E-state index contributed by atoms with van der Waals surface area (Å²) in [5, 5.41) is 0. The standard InChI is InChI=1S/C18H14O4/c1-3-21-17(19)15-12-8-11-14(13-9-6-5-7-10-13)16(15)18(20)22-4-2/h3-12H,1-2H2. The lowest BCUT2D eigenvalue weighted by molar-refractivity contribution is 0.0620. The monoisotopic (exact) mass is 294 g/mol. The van der Waals surface area contributed by atoms with Gasteiger partial charge < -0.3 is 9.47 Å². The summed E-state index contributed by atoms with van der Waals surface area (Å²) >= 11 is 0. The van der Waals surface area contributed by atoms with Gasteiger partial charge in [-0.1, -0.05) is 55.6 Å². The highest BCUT2D eigenvalue weighted by Crippen LogP contribution is 2.27. The number of rotatable bonds is 5. The third-order valence-electron chi connectivity index (χ3n) is 2.95. The Labute approximate surface area is 128 Å². The van der Waals surface area contributed by atoms with Gasteiger partial charge in [0.25, 0.3) is 0 Å². The zero-order valence-corrected chi connectivity index (χ0v) is 11.8. The molecule has 0 saturated carbocycles. The van der Waals surface area contributed by atoms with Crippen molar-refractivity contribution in [3.8, 4) is 11.1 Å². The maximum atomic E-state index is 12.2. The molecule has 110 valence electrons. The Balaban J connectivity index is 2.65. The third-order valence-corrected chi connectivity index (χ3v) is 2.95. The molecule has 0 atom stereocenters. The topological polar surface area (TPSA) is 52.6 Å². The van der Waals surface area contributed by atoms with Crippen LogP contribution in [0.15, 0.2) is 74.2 Å². The molecule has 0 unspecified atom stereocenters. The normalized spacial score (nSPS) is 9.64. The fraction of sp³-hybridized carbons (Fsp3) is 0. The molecule has 0 aliphatic carbocycles. The highest BCUT2D eigenvalue weighted by atomic mass is 16.5. The fourth-order valence-electron chi connectivity index (χ4n) is 2.07. The molecule has 0 N–H and O–H groups in total. The van der Waals surface area contributed by atoms with Crippen molar-refractivity contribution in [1.29, 1.82) is 0 Å². The predicted molar refractivity (Wildman–Crippen MR) is 83.1 cm³/mol. The summed E-state index contributed by atoms with van der Waals surface area (Å²) < 4.78 is 9.63. The number of benzene rings is 2. The number of ether oxygens (including phenoxy) is 2. The van der Waals surface area contributed by atoms with Crippen molar-refractivity contribution >= 4 is 11.9 Å². The molecule has 0 aromatic heterocycles. The molecule has 4 heteroatoms. The van der Waals surface area contributed by atoms with E-state index >= 15 is 0 Å². The molecule has 2 aromatic rings. The molecule has 4 nitrogen and oxygen atoms in total. The van der Waals surface area contributed by atoms with Crippen molar-refractivity contribution in [2.45, 2.75) is 0 Å². The summed E-state index contributed by atoms with van der Waals surface area (Å²) in [4.78, 5) is 24.3. The molecule has 0 heterocycles. The summed E-state index contributed by atoms with van der Waals surface area (Å²) in [5.41, 5.74) is 1.59. The summed E-state index contributed by atoms with van der Waals surface area (Å²) in [5.74, 6) is -1.35. The van der Waals surface area contributed by atoms with Crippen molar-refractivity contribution < 1.29 is 19.1 Å². The van der Waals surface area contributed by atoms with Crippen LogP contribution in [0.1, 0.15) is 20.7 Å². The molecule has 0 saturated heterocycles. The van der Waals surface area contributed by atoms with Crippen LogP contribution in [-0.4, -0.2) is 11.9 Å². The van der Waals surface area contributed by atoms with Gasteiger partial charge in [-0.25, -0.2) is 9.59 Å². The van der Waals surface area contributed by atoms with E-state index in [9.17, 15) is 9.59 Å². The smallest absolute Gasteiger partial charge is 0.344 e. The minimum Gasteiger partial charge on any atom is -0.432 e. The van der Waals surface area contributed by atoms with Crippen LogP contribution in [0.2, 0.25) is 0 Å². The molecule has 0 radical (unpaired) electrons. The van der Waals surface area contributed by atoms with E-state index < -0.39 is 11.9 Å². The minimum absolute atomic E-state index is 0.105. The lowest BCUT2D eigenvalue weighted by Gasteiger charge is -2.12. The molecule has 0 spiro atoms. The molecule has 0 bridgehead atoms. The van der Waals surface area contributed by atoms with Gasteiger partial charge in [0, 0.05) is 0 Å². The number of carbonyl (C=O) groups excluding carboxylic acids is 2. The Morgan fingerprint density at radius 3 is 2.09 bits per heavy atom. The maximum absolute atomic E-state index is 12.2. The van der Waals surface area contributed by atoms with Gasteiger partial charge in [-0.3, -0.25) is 0 Å². The van der Waals surface area contributed by atoms with E-state index in [4.69, 9.17) is 9.47 Å². The van der Waals surface area contributed by atoms with Crippen LogP contribution < -0.4 is 0 Å². The van der Waals surface area contributed by atoms with E-state index in [2.05, 4.69) is 13.2 Å². The molecule has 2 rings (SSSR count). The van der Waals surface area contributed by atoms with E-state index in [1.54, 1.807) is 12.1 Å². The van der Waals surface area contributed by atoms with Crippen LogP contribution in [0.25, 0.3) is 11.1 Å². The zero-order chi connectivity index (χ0) is 15.9. The van der Waals surface area contributed by atoms with Crippen LogP contribution in [0, 0.1) is 0 Å². The second-order valence-electron chi connectivity index (χ2n) is 4.24. The first-order chi connectivity index (χ1) is 10.7. The van der Waals surface area contributed by atoms with E-state index in [1.165, 1.54) is 6.07 Å². The summed E-state index contributed by atoms with van der Waals surface area (Å²) in [7, 11) is 0. The predicted octanol–water partition coefficient (Wildman–Crippen LogP) is 3.95. The van der Waals surface area contributed by atoms with Crippen LogP contribution in [0.5, 0.6) is 0 Å². The molecule has 22 heavy (non-hydrogen) atoms. The molecule has 2 aromatic carbocycles. The van der Waals surface area contributed by atoms with Gasteiger partial charge in [-0.2, -0.15) is 0 Å². The third kappa shape index (κ3) is 3.12. The quantitative estimate of drug-likeness (QED) is 0.619. The first-order valence-electron chi connectivity index (χ1n) is 6.51. The first kappa shape index (κ1) is 15.3. The second-order valence-corrected chi connectivity index (χ2v) is 4.24. The maximum Gasteiger partial charge on any atom is 0.344 e. The van der Waals surface area contributed by atoms with Gasteiger partial charge in [0.05, 0.1) is 23.7 Å². The molecule has 0 fully saturated rings. The van der Waals surface area contributed by atoms with Crippen molar-refractivity contribution in [2.75, 3.05) is 0 Å². The Hall–Kier alpha value is -3.14. The van der Waals surface area contributed by atoms with E-state index in [0.717, 1.165) is 18.1 Å². The van der Waals surface area contributed by atoms with Gasteiger partial charge in [-0.15, -0.1) is 0 Å². The Morgan fingerprint density at radius 2 is 1.45 bits per heavy atom. The first-order valence-corrected chi connectivity index (χ1v) is 6.51. The Kier molecular flexibility index (Phi) is 4.88. The molecule has 0 amide bonds. The fourth-order valence-corrected chi connectivity index (χ4v) is 2.07. The largest absolute Gasteiger partial charge is 0.432 e. The van der Waals surface area contributed by atoms with Crippen molar-refractivity contribution in [2.24, 2.45) is 0 Å². The summed E-state index contributed by atoms with van der Waals surface area (Å²) in [6.45, 7) is 6.71. The molecule has 0 aliphatic rings. The number of esters is 2. The zero-order valence-electron chi connectivity index (χ0n) is 11.8. The average molecular weight is 294 g/mol. The van der Waals surface area contributed by atoms with E-state index in [-0.39, 0.29) is 11.1 Å². The lowest BCUT2D eigenvalue weighted by atomic mass is 9.95. The van der Waals surface area contributed by atoms with Gasteiger partial charge in [0.1, 0.15) is 0 Å². The summed E-state index contributed by atoms with van der Waals surface area (Å²) in [6, 6.07) is 14.1. The number of hydrogen-bond donors (Lipinski definition) is 0. The molecular weight excluding hydrogens is 280 g/mol. The number of carbonyl (C=O) groups is 2.